The van der Waals surface area contributed by atoms with E-state index in [4.69, 9.17) is 4.74 Å². The molecule has 1 N–H and O–H groups in total. The van der Waals surface area contributed by atoms with Gasteiger partial charge in [-0.3, -0.25) is 9.48 Å². The molecule has 1 aromatic rings. The molecule has 1 aliphatic heterocycles. The minimum atomic E-state index is -0.211. The summed E-state index contributed by atoms with van der Waals surface area (Å²) in [5.74, 6) is 0.112. The highest BCUT2D eigenvalue weighted by atomic mass is 16.5. The highest BCUT2D eigenvalue weighted by Gasteiger charge is 2.36. The lowest BCUT2D eigenvalue weighted by Gasteiger charge is -2.42. The summed E-state index contributed by atoms with van der Waals surface area (Å²) in [5.41, 5.74) is -0.211. The van der Waals surface area contributed by atoms with Crippen LogP contribution in [0.15, 0.2) is 12.7 Å². The van der Waals surface area contributed by atoms with Gasteiger partial charge in [0.2, 0.25) is 5.91 Å². The Morgan fingerprint density at radius 1 is 1.52 bits per heavy atom. The summed E-state index contributed by atoms with van der Waals surface area (Å²) in [5, 5.41) is 13.7. The van der Waals surface area contributed by atoms with Gasteiger partial charge in [0, 0.05) is 38.6 Å². The fourth-order valence-electron chi connectivity index (χ4n) is 2.87. The van der Waals surface area contributed by atoms with Crippen LogP contribution in [0, 0.1) is 5.41 Å². The van der Waals surface area contributed by atoms with E-state index in [1.54, 1.807) is 18.1 Å². The topological polar surface area (TPSA) is 80.5 Å². The molecule has 1 aliphatic rings. The van der Waals surface area contributed by atoms with Crippen LogP contribution in [-0.4, -0.2) is 64.1 Å². The monoisotopic (exact) mass is 296 g/mol. The lowest BCUT2D eigenvalue weighted by Crippen LogP contribution is -2.48. The van der Waals surface area contributed by atoms with E-state index < -0.39 is 0 Å². The first-order chi connectivity index (χ1) is 10.2. The molecule has 118 valence electrons. The molecule has 1 fully saturated rings. The Hall–Kier alpha value is -1.47. The normalized spacial score (nSPS) is 22.5. The number of aliphatic hydroxyl groups is 1. The zero-order valence-corrected chi connectivity index (χ0v) is 12.6. The number of rotatable bonds is 7. The third kappa shape index (κ3) is 4.25. The fraction of sp³-hybridized carbons (Fsp3) is 0.786. The number of hydrogen-bond donors (Lipinski definition) is 1. The molecule has 0 saturated carbocycles. The molecule has 0 radical (unpaired) electrons. The molecule has 1 amide bonds. The number of methoxy groups -OCH3 is 1. The van der Waals surface area contributed by atoms with Gasteiger partial charge in [-0.2, -0.15) is 5.10 Å². The molecule has 2 heterocycles. The SMILES string of the molecule is COCCC1(CO)CCCN(C(=O)CCn2cncn2)C1. The van der Waals surface area contributed by atoms with Crippen LogP contribution in [-0.2, 0) is 16.1 Å². The summed E-state index contributed by atoms with van der Waals surface area (Å²) in [7, 11) is 1.66. The van der Waals surface area contributed by atoms with E-state index in [0.717, 1.165) is 25.8 Å². The van der Waals surface area contributed by atoms with E-state index in [9.17, 15) is 9.90 Å². The minimum Gasteiger partial charge on any atom is -0.396 e. The first-order valence-electron chi connectivity index (χ1n) is 7.39. The Morgan fingerprint density at radius 3 is 3.05 bits per heavy atom. The van der Waals surface area contributed by atoms with Crippen molar-refractivity contribution in [2.75, 3.05) is 33.4 Å². The van der Waals surface area contributed by atoms with Crippen LogP contribution in [0.4, 0.5) is 0 Å². The molecular weight excluding hydrogens is 272 g/mol. The number of nitrogens with zero attached hydrogens (tertiary/aromatic N) is 4. The number of ether oxygens (including phenoxy) is 1. The van der Waals surface area contributed by atoms with Gasteiger partial charge in [-0.05, 0) is 19.3 Å². The Labute approximate surface area is 124 Å². The maximum atomic E-state index is 12.3. The molecule has 1 saturated heterocycles. The quantitative estimate of drug-likeness (QED) is 0.783. The van der Waals surface area contributed by atoms with Crippen molar-refractivity contribution >= 4 is 5.91 Å². The summed E-state index contributed by atoms with van der Waals surface area (Å²) in [6.45, 7) is 2.64. The van der Waals surface area contributed by atoms with Gasteiger partial charge in [-0.15, -0.1) is 0 Å². The van der Waals surface area contributed by atoms with Crippen LogP contribution < -0.4 is 0 Å². The van der Waals surface area contributed by atoms with E-state index in [1.807, 2.05) is 4.90 Å². The standard InChI is InChI=1S/C14H24N4O3/c1-21-8-5-14(10-19)4-2-6-17(9-14)13(20)3-7-18-12-15-11-16-18/h11-12,19H,2-10H2,1H3. The van der Waals surface area contributed by atoms with E-state index in [0.29, 0.717) is 26.1 Å². The van der Waals surface area contributed by atoms with E-state index in [2.05, 4.69) is 10.1 Å². The zero-order valence-electron chi connectivity index (χ0n) is 12.6. The largest absolute Gasteiger partial charge is 0.396 e. The van der Waals surface area contributed by atoms with Crippen molar-refractivity contribution in [1.29, 1.82) is 0 Å². The average molecular weight is 296 g/mol. The van der Waals surface area contributed by atoms with Gasteiger partial charge in [0.15, 0.2) is 0 Å². The van der Waals surface area contributed by atoms with Gasteiger partial charge in [0.05, 0.1) is 13.2 Å². The number of aryl methyl sites for hydroxylation is 1. The molecule has 0 aromatic carbocycles. The number of carbonyl (C=O) groups is 1. The smallest absolute Gasteiger partial charge is 0.224 e. The maximum absolute atomic E-state index is 12.3. The molecule has 7 nitrogen and oxygen atoms in total. The molecule has 2 rings (SSSR count). The van der Waals surface area contributed by atoms with Crippen LogP contribution in [0.1, 0.15) is 25.7 Å². The predicted octanol–water partition coefficient (Wildman–Crippen LogP) is 0.306. The minimum absolute atomic E-state index is 0.100. The number of aromatic nitrogens is 3. The summed E-state index contributed by atoms with van der Waals surface area (Å²) in [4.78, 5) is 18.1. The third-order valence-corrected chi connectivity index (χ3v) is 4.21. The van der Waals surface area contributed by atoms with Gasteiger partial charge in [-0.25, -0.2) is 4.98 Å². The summed E-state index contributed by atoms with van der Waals surface area (Å²) in [6.07, 6.45) is 6.15. The van der Waals surface area contributed by atoms with Crippen molar-refractivity contribution in [3.8, 4) is 0 Å². The number of piperidine rings is 1. The summed E-state index contributed by atoms with van der Waals surface area (Å²) >= 11 is 0. The van der Waals surface area contributed by atoms with Gasteiger partial charge >= 0.3 is 0 Å². The number of amides is 1. The van der Waals surface area contributed by atoms with E-state index >= 15 is 0 Å². The van der Waals surface area contributed by atoms with Gasteiger partial charge < -0.3 is 14.7 Å². The molecule has 7 heteroatoms. The van der Waals surface area contributed by atoms with Crippen LogP contribution in [0.3, 0.4) is 0 Å². The van der Waals surface area contributed by atoms with Crippen LogP contribution in [0.5, 0.6) is 0 Å². The first kappa shape index (κ1) is 15.9. The Bertz CT molecular complexity index is 437. The van der Waals surface area contributed by atoms with Gasteiger partial charge in [0.1, 0.15) is 12.7 Å². The lowest BCUT2D eigenvalue weighted by atomic mass is 9.78. The maximum Gasteiger partial charge on any atom is 0.224 e. The van der Waals surface area contributed by atoms with Crippen molar-refractivity contribution in [1.82, 2.24) is 19.7 Å². The van der Waals surface area contributed by atoms with Crippen LogP contribution in [0.2, 0.25) is 0 Å². The molecular formula is C14H24N4O3. The first-order valence-corrected chi connectivity index (χ1v) is 7.39. The Balaban J connectivity index is 1.88. The second-order valence-electron chi connectivity index (χ2n) is 5.73. The van der Waals surface area contributed by atoms with Crippen molar-refractivity contribution < 1.29 is 14.6 Å². The highest BCUT2D eigenvalue weighted by Crippen LogP contribution is 2.33. The predicted molar refractivity (Wildman–Crippen MR) is 76.5 cm³/mol. The van der Waals surface area contributed by atoms with Crippen molar-refractivity contribution in [2.45, 2.75) is 32.2 Å². The van der Waals surface area contributed by atoms with Gasteiger partial charge in [-0.1, -0.05) is 0 Å². The molecule has 1 aromatic heterocycles. The van der Waals surface area contributed by atoms with Crippen molar-refractivity contribution in [2.24, 2.45) is 5.41 Å². The van der Waals surface area contributed by atoms with Crippen molar-refractivity contribution in [3.63, 3.8) is 0 Å². The number of hydrogen-bond acceptors (Lipinski definition) is 5. The van der Waals surface area contributed by atoms with Crippen LogP contribution in [0.25, 0.3) is 0 Å². The zero-order chi connectivity index (χ0) is 15.1. The number of carbonyl (C=O) groups excluding carboxylic acids is 1. The average Bonchev–Trinajstić information content (AvgIpc) is 3.04. The molecule has 0 bridgehead atoms. The Kier molecular flexibility index (Phi) is 5.69. The molecule has 21 heavy (non-hydrogen) atoms. The highest BCUT2D eigenvalue weighted by molar-refractivity contribution is 5.76. The number of aliphatic hydroxyl groups excluding tert-OH is 1. The lowest BCUT2D eigenvalue weighted by molar-refractivity contribution is -0.136. The molecule has 0 aliphatic carbocycles. The Morgan fingerprint density at radius 2 is 2.38 bits per heavy atom. The molecule has 0 spiro atoms. The van der Waals surface area contributed by atoms with Crippen molar-refractivity contribution in [3.05, 3.63) is 12.7 Å². The molecule has 1 unspecified atom stereocenters. The summed E-state index contributed by atoms with van der Waals surface area (Å²) in [6, 6.07) is 0. The number of likely N-dealkylation sites (tertiary alicyclic amines) is 1. The second kappa shape index (κ2) is 7.51. The summed E-state index contributed by atoms with van der Waals surface area (Å²) < 4.78 is 6.79. The second-order valence-corrected chi connectivity index (χ2v) is 5.73. The van der Waals surface area contributed by atoms with E-state index in [-0.39, 0.29) is 17.9 Å². The third-order valence-electron chi connectivity index (χ3n) is 4.21. The van der Waals surface area contributed by atoms with E-state index in [1.165, 1.54) is 6.33 Å². The fourth-order valence-corrected chi connectivity index (χ4v) is 2.87. The molecule has 1 atom stereocenters. The van der Waals surface area contributed by atoms with Gasteiger partial charge in [0.25, 0.3) is 0 Å². The van der Waals surface area contributed by atoms with Crippen LogP contribution >= 0.6 is 0 Å².